The maximum atomic E-state index is 5.98. The van der Waals surface area contributed by atoms with Crippen LogP contribution in [0.4, 0.5) is 0 Å². The number of hydrogen-bond donors (Lipinski definition) is 0. The summed E-state index contributed by atoms with van der Waals surface area (Å²) in [5.74, 6) is 0. The summed E-state index contributed by atoms with van der Waals surface area (Å²) in [7, 11) is 0. The van der Waals surface area contributed by atoms with E-state index >= 15 is 0 Å². The molecule has 0 unspecified atom stereocenters. The molecule has 0 spiro atoms. The number of furan rings is 1. The van der Waals surface area contributed by atoms with Gasteiger partial charge in [0, 0.05) is 10.8 Å². The molecule has 0 saturated carbocycles. The molecule has 1 heteroatoms. The number of hydrogen-bond acceptors (Lipinski definition) is 1. The van der Waals surface area contributed by atoms with Crippen molar-refractivity contribution in [1.82, 2.24) is 0 Å². The number of fused-ring (bicyclic) bond motifs is 3. The van der Waals surface area contributed by atoms with Gasteiger partial charge in [-0.1, -0.05) is 42.5 Å². The molecule has 0 N–H and O–H groups in total. The van der Waals surface area contributed by atoms with Gasteiger partial charge < -0.3 is 4.42 Å². The van der Waals surface area contributed by atoms with Crippen LogP contribution < -0.4 is 0 Å². The van der Waals surface area contributed by atoms with E-state index in [-0.39, 0.29) is 0 Å². The maximum Gasteiger partial charge on any atom is 0.136 e. The minimum Gasteiger partial charge on any atom is -0.456 e. The first-order valence-corrected chi connectivity index (χ1v) is 7.22. The van der Waals surface area contributed by atoms with Crippen molar-refractivity contribution >= 4 is 21.9 Å². The van der Waals surface area contributed by atoms with Gasteiger partial charge in [-0.15, -0.1) is 0 Å². The molecule has 0 aliphatic heterocycles. The van der Waals surface area contributed by atoms with Crippen molar-refractivity contribution in [2.75, 3.05) is 0 Å². The van der Waals surface area contributed by atoms with Crippen LogP contribution in [0.15, 0.2) is 65.1 Å². The average molecular weight is 272 g/mol. The van der Waals surface area contributed by atoms with Gasteiger partial charge in [0.05, 0.1) is 0 Å². The van der Waals surface area contributed by atoms with Crippen molar-refractivity contribution in [1.29, 1.82) is 0 Å². The van der Waals surface area contributed by atoms with E-state index in [0.717, 1.165) is 11.2 Å². The Hall–Kier alpha value is -2.54. The van der Waals surface area contributed by atoms with Crippen molar-refractivity contribution in [2.45, 2.75) is 13.8 Å². The lowest BCUT2D eigenvalue weighted by molar-refractivity contribution is 0.669. The third-order valence-corrected chi connectivity index (χ3v) is 4.29. The Kier molecular flexibility index (Phi) is 2.61. The van der Waals surface area contributed by atoms with Crippen LogP contribution in [0.2, 0.25) is 0 Å². The SMILES string of the molecule is Cc1cccc(-c2ccc3c(c2)oc2ccccc23)c1C. The lowest BCUT2D eigenvalue weighted by Crippen LogP contribution is -1.86. The second kappa shape index (κ2) is 4.49. The molecule has 0 amide bonds. The van der Waals surface area contributed by atoms with E-state index in [9.17, 15) is 0 Å². The predicted molar refractivity (Wildman–Crippen MR) is 88.6 cm³/mol. The smallest absolute Gasteiger partial charge is 0.136 e. The van der Waals surface area contributed by atoms with Gasteiger partial charge in [-0.25, -0.2) is 0 Å². The zero-order chi connectivity index (χ0) is 14.4. The first-order valence-electron chi connectivity index (χ1n) is 7.22. The highest BCUT2D eigenvalue weighted by Crippen LogP contribution is 2.33. The Bertz CT molecular complexity index is 960. The van der Waals surface area contributed by atoms with Crippen LogP contribution in [-0.4, -0.2) is 0 Å². The number of para-hydroxylation sites is 1. The molecule has 4 rings (SSSR count). The van der Waals surface area contributed by atoms with E-state index in [0.29, 0.717) is 0 Å². The maximum absolute atomic E-state index is 5.98. The quantitative estimate of drug-likeness (QED) is 0.422. The fourth-order valence-electron chi connectivity index (χ4n) is 2.96. The first-order chi connectivity index (χ1) is 10.2. The second-order valence-electron chi connectivity index (χ2n) is 5.56. The van der Waals surface area contributed by atoms with Gasteiger partial charge in [0.15, 0.2) is 0 Å². The van der Waals surface area contributed by atoms with Gasteiger partial charge in [0.1, 0.15) is 11.2 Å². The molecule has 1 nitrogen and oxygen atoms in total. The summed E-state index contributed by atoms with van der Waals surface area (Å²) in [5, 5.41) is 2.36. The number of aryl methyl sites for hydroxylation is 1. The predicted octanol–water partition coefficient (Wildman–Crippen LogP) is 5.87. The summed E-state index contributed by atoms with van der Waals surface area (Å²) in [5.41, 5.74) is 7.03. The first kappa shape index (κ1) is 12.2. The Morgan fingerprint density at radius 2 is 1.52 bits per heavy atom. The van der Waals surface area contributed by atoms with Gasteiger partial charge in [0.25, 0.3) is 0 Å². The second-order valence-corrected chi connectivity index (χ2v) is 5.56. The molecular formula is C20H16O. The minimum absolute atomic E-state index is 0.950. The Balaban J connectivity index is 1.99. The van der Waals surface area contributed by atoms with E-state index in [1.54, 1.807) is 0 Å². The molecule has 1 heterocycles. The molecule has 0 atom stereocenters. The summed E-state index contributed by atoms with van der Waals surface area (Å²) in [6.07, 6.45) is 0. The summed E-state index contributed by atoms with van der Waals surface area (Å²) >= 11 is 0. The average Bonchev–Trinajstić information content (AvgIpc) is 2.87. The number of benzene rings is 3. The van der Waals surface area contributed by atoms with E-state index in [1.807, 2.05) is 12.1 Å². The summed E-state index contributed by atoms with van der Waals surface area (Å²) < 4.78 is 5.98. The van der Waals surface area contributed by atoms with Crippen molar-refractivity contribution in [3.8, 4) is 11.1 Å². The van der Waals surface area contributed by atoms with E-state index in [1.165, 1.54) is 33.0 Å². The van der Waals surface area contributed by atoms with Crippen LogP contribution in [0, 0.1) is 13.8 Å². The standard InChI is InChI=1S/C20H16O/c1-13-6-5-8-16(14(13)2)15-10-11-18-17-7-3-4-9-19(17)21-20(18)12-15/h3-12H,1-2H3. The van der Waals surface area contributed by atoms with Crippen LogP contribution in [0.25, 0.3) is 33.1 Å². The highest BCUT2D eigenvalue weighted by Gasteiger charge is 2.09. The monoisotopic (exact) mass is 272 g/mol. The fourth-order valence-corrected chi connectivity index (χ4v) is 2.96. The molecule has 0 aliphatic rings. The Morgan fingerprint density at radius 3 is 2.43 bits per heavy atom. The number of rotatable bonds is 1. The van der Waals surface area contributed by atoms with E-state index in [4.69, 9.17) is 4.42 Å². The molecule has 21 heavy (non-hydrogen) atoms. The molecule has 0 saturated heterocycles. The van der Waals surface area contributed by atoms with Crippen molar-refractivity contribution in [2.24, 2.45) is 0 Å². The van der Waals surface area contributed by atoms with E-state index in [2.05, 4.69) is 62.4 Å². The van der Waals surface area contributed by atoms with Crippen LogP contribution in [0.1, 0.15) is 11.1 Å². The van der Waals surface area contributed by atoms with Crippen LogP contribution in [0.5, 0.6) is 0 Å². The molecule has 0 radical (unpaired) electrons. The van der Waals surface area contributed by atoms with Crippen molar-refractivity contribution < 1.29 is 4.42 Å². The van der Waals surface area contributed by atoms with Crippen LogP contribution in [0.3, 0.4) is 0 Å². The summed E-state index contributed by atoms with van der Waals surface area (Å²) in [4.78, 5) is 0. The van der Waals surface area contributed by atoms with Gasteiger partial charge in [0.2, 0.25) is 0 Å². The van der Waals surface area contributed by atoms with Crippen molar-refractivity contribution in [3.05, 3.63) is 71.8 Å². The molecular weight excluding hydrogens is 256 g/mol. The van der Waals surface area contributed by atoms with Gasteiger partial charge >= 0.3 is 0 Å². The summed E-state index contributed by atoms with van der Waals surface area (Å²) in [6, 6.07) is 21.1. The lowest BCUT2D eigenvalue weighted by atomic mass is 9.96. The van der Waals surface area contributed by atoms with Gasteiger partial charge in [-0.3, -0.25) is 0 Å². The zero-order valence-electron chi connectivity index (χ0n) is 12.2. The zero-order valence-corrected chi connectivity index (χ0v) is 12.2. The Morgan fingerprint density at radius 1 is 0.714 bits per heavy atom. The topological polar surface area (TPSA) is 13.1 Å². The highest BCUT2D eigenvalue weighted by atomic mass is 16.3. The van der Waals surface area contributed by atoms with E-state index < -0.39 is 0 Å². The third-order valence-electron chi connectivity index (χ3n) is 4.29. The highest BCUT2D eigenvalue weighted by molar-refractivity contribution is 6.05. The molecule has 1 aromatic heterocycles. The lowest BCUT2D eigenvalue weighted by Gasteiger charge is -2.08. The molecule has 4 aromatic rings. The molecule has 0 bridgehead atoms. The molecule has 3 aromatic carbocycles. The van der Waals surface area contributed by atoms with Gasteiger partial charge in [-0.2, -0.15) is 0 Å². The fraction of sp³-hybridized carbons (Fsp3) is 0.100. The normalized spacial score (nSPS) is 11.3. The molecule has 0 fully saturated rings. The minimum atomic E-state index is 0.950. The van der Waals surface area contributed by atoms with Crippen LogP contribution in [-0.2, 0) is 0 Å². The van der Waals surface area contributed by atoms with Crippen molar-refractivity contribution in [3.63, 3.8) is 0 Å². The van der Waals surface area contributed by atoms with Gasteiger partial charge in [-0.05, 0) is 54.3 Å². The largest absolute Gasteiger partial charge is 0.456 e. The summed E-state index contributed by atoms with van der Waals surface area (Å²) in [6.45, 7) is 4.33. The molecule has 102 valence electrons. The van der Waals surface area contributed by atoms with Crippen LogP contribution >= 0.6 is 0 Å². The Labute approximate surface area is 123 Å². The third kappa shape index (κ3) is 1.85. The molecule has 0 aliphatic carbocycles.